The monoisotopic (exact) mass is 214 g/mol. The van der Waals surface area contributed by atoms with Gasteiger partial charge in [-0.3, -0.25) is 4.79 Å². The fourth-order valence-corrected chi connectivity index (χ4v) is 1.87. The van der Waals surface area contributed by atoms with Crippen LogP contribution in [0.4, 0.5) is 0 Å². The molecule has 0 spiro atoms. The van der Waals surface area contributed by atoms with Crippen LogP contribution in [0.25, 0.3) is 0 Å². The summed E-state index contributed by atoms with van der Waals surface area (Å²) in [5, 5.41) is 8.77. The average Bonchev–Trinajstić information content (AvgIpc) is 2.25. The quantitative estimate of drug-likeness (QED) is 0.757. The Bertz CT molecular complexity index is 443. The molecule has 1 aliphatic carbocycles. The lowest BCUT2D eigenvalue weighted by Crippen LogP contribution is -2.41. The summed E-state index contributed by atoms with van der Waals surface area (Å²) in [6, 6.07) is 9.31. The lowest BCUT2D eigenvalue weighted by Gasteiger charge is -2.34. The van der Waals surface area contributed by atoms with Gasteiger partial charge in [-0.15, -0.1) is 0 Å². The number of rotatable bonds is 2. The van der Waals surface area contributed by atoms with Crippen molar-refractivity contribution in [1.29, 1.82) is 5.26 Å². The Morgan fingerprint density at radius 3 is 2.81 bits per heavy atom. The predicted octanol–water partition coefficient (Wildman–Crippen LogP) is 2.18. The first kappa shape index (κ1) is 10.7. The molecule has 1 aromatic carbocycles. The van der Waals surface area contributed by atoms with Gasteiger partial charge in [-0.25, -0.2) is 0 Å². The van der Waals surface area contributed by atoms with Gasteiger partial charge in [0, 0.05) is 18.7 Å². The lowest BCUT2D eigenvalue weighted by molar-refractivity contribution is 0.0652. The Balaban J connectivity index is 2.16. The molecule has 1 aromatic rings. The van der Waals surface area contributed by atoms with E-state index < -0.39 is 0 Å². The van der Waals surface area contributed by atoms with Crippen LogP contribution < -0.4 is 0 Å². The van der Waals surface area contributed by atoms with Crippen LogP contribution in [0, 0.1) is 11.3 Å². The third kappa shape index (κ3) is 1.92. The third-order valence-corrected chi connectivity index (χ3v) is 3.18. The molecule has 0 bridgehead atoms. The largest absolute Gasteiger partial charge is 0.339 e. The average molecular weight is 214 g/mol. The van der Waals surface area contributed by atoms with Crippen LogP contribution in [-0.2, 0) is 0 Å². The summed E-state index contributed by atoms with van der Waals surface area (Å²) in [7, 11) is 1.84. The van der Waals surface area contributed by atoms with Crippen molar-refractivity contribution < 1.29 is 4.79 Å². The Hall–Kier alpha value is -1.82. The molecule has 1 amide bonds. The van der Waals surface area contributed by atoms with Crippen molar-refractivity contribution >= 4 is 5.91 Å². The Morgan fingerprint density at radius 1 is 1.50 bits per heavy atom. The van der Waals surface area contributed by atoms with E-state index in [1.165, 1.54) is 6.42 Å². The number of amides is 1. The molecule has 1 fully saturated rings. The summed E-state index contributed by atoms with van der Waals surface area (Å²) in [5.74, 6) is 0.0156. The topological polar surface area (TPSA) is 44.1 Å². The van der Waals surface area contributed by atoms with Crippen LogP contribution in [0.5, 0.6) is 0 Å². The van der Waals surface area contributed by atoms with Gasteiger partial charge in [0.2, 0.25) is 0 Å². The lowest BCUT2D eigenvalue weighted by atomic mass is 9.91. The van der Waals surface area contributed by atoms with E-state index in [1.807, 2.05) is 13.1 Å². The van der Waals surface area contributed by atoms with E-state index in [9.17, 15) is 4.79 Å². The fourth-order valence-electron chi connectivity index (χ4n) is 1.87. The molecule has 0 unspecified atom stereocenters. The molecule has 3 heteroatoms. The zero-order chi connectivity index (χ0) is 11.5. The highest BCUT2D eigenvalue weighted by Gasteiger charge is 2.26. The standard InChI is InChI=1S/C13H14N2O/c1-15(12-6-3-7-12)13(16)11-5-2-4-10(8-11)9-14/h2,4-5,8,12H,3,6-7H2,1H3. The maximum absolute atomic E-state index is 12.1. The SMILES string of the molecule is CN(C(=O)c1cccc(C#N)c1)C1CCC1. The molecule has 0 radical (unpaired) electrons. The van der Waals surface area contributed by atoms with Crippen molar-refractivity contribution in [2.24, 2.45) is 0 Å². The third-order valence-electron chi connectivity index (χ3n) is 3.18. The summed E-state index contributed by atoms with van der Waals surface area (Å²) in [6.07, 6.45) is 3.40. The molecule has 82 valence electrons. The van der Waals surface area contributed by atoms with Crippen molar-refractivity contribution in [3.63, 3.8) is 0 Å². The molecule has 16 heavy (non-hydrogen) atoms. The second-order valence-corrected chi connectivity index (χ2v) is 4.19. The summed E-state index contributed by atoms with van der Waals surface area (Å²) < 4.78 is 0. The number of nitriles is 1. The van der Waals surface area contributed by atoms with Crippen LogP contribution in [0.3, 0.4) is 0 Å². The molecule has 0 atom stereocenters. The molecule has 0 aromatic heterocycles. The minimum Gasteiger partial charge on any atom is -0.339 e. The molecule has 2 rings (SSSR count). The number of nitrogens with zero attached hydrogens (tertiary/aromatic N) is 2. The predicted molar refractivity (Wildman–Crippen MR) is 60.9 cm³/mol. The highest BCUT2D eigenvalue weighted by molar-refractivity contribution is 5.94. The minimum atomic E-state index is 0.0156. The summed E-state index contributed by atoms with van der Waals surface area (Å²) in [5.41, 5.74) is 1.14. The van der Waals surface area contributed by atoms with Crippen LogP contribution in [-0.4, -0.2) is 23.9 Å². The molecular formula is C13H14N2O. The highest BCUT2D eigenvalue weighted by atomic mass is 16.2. The summed E-state index contributed by atoms with van der Waals surface area (Å²) in [6.45, 7) is 0. The van der Waals surface area contributed by atoms with Gasteiger partial charge in [-0.05, 0) is 37.5 Å². The number of hydrogen-bond acceptors (Lipinski definition) is 2. The molecule has 3 nitrogen and oxygen atoms in total. The molecule has 1 saturated carbocycles. The number of benzene rings is 1. The zero-order valence-corrected chi connectivity index (χ0v) is 9.31. The van der Waals surface area contributed by atoms with E-state index in [0.717, 1.165) is 12.8 Å². The number of carbonyl (C=O) groups is 1. The molecule has 0 saturated heterocycles. The van der Waals surface area contributed by atoms with Crippen molar-refractivity contribution in [2.45, 2.75) is 25.3 Å². The van der Waals surface area contributed by atoms with Crippen molar-refractivity contribution in [3.05, 3.63) is 35.4 Å². The van der Waals surface area contributed by atoms with Crippen LogP contribution in [0.15, 0.2) is 24.3 Å². The molecule has 0 N–H and O–H groups in total. The van der Waals surface area contributed by atoms with Crippen molar-refractivity contribution in [2.75, 3.05) is 7.05 Å². The second kappa shape index (κ2) is 4.36. The first-order valence-electron chi connectivity index (χ1n) is 5.49. The van der Waals surface area contributed by atoms with Gasteiger partial charge in [0.25, 0.3) is 5.91 Å². The van der Waals surface area contributed by atoms with Crippen LogP contribution >= 0.6 is 0 Å². The normalized spacial score (nSPS) is 15.0. The van der Waals surface area contributed by atoms with E-state index in [2.05, 4.69) is 0 Å². The first-order chi connectivity index (χ1) is 7.72. The van der Waals surface area contributed by atoms with Gasteiger partial charge in [0.15, 0.2) is 0 Å². The van der Waals surface area contributed by atoms with Gasteiger partial charge in [0.05, 0.1) is 11.6 Å². The van der Waals surface area contributed by atoms with Crippen molar-refractivity contribution in [3.8, 4) is 6.07 Å². The summed E-state index contributed by atoms with van der Waals surface area (Å²) >= 11 is 0. The molecular weight excluding hydrogens is 200 g/mol. The van der Waals surface area contributed by atoms with Gasteiger partial charge in [-0.1, -0.05) is 6.07 Å². The number of hydrogen-bond donors (Lipinski definition) is 0. The maximum atomic E-state index is 12.1. The molecule has 1 aliphatic rings. The Morgan fingerprint density at radius 2 is 2.25 bits per heavy atom. The van der Waals surface area contributed by atoms with Gasteiger partial charge in [-0.2, -0.15) is 5.26 Å². The summed E-state index contributed by atoms with van der Waals surface area (Å²) in [4.78, 5) is 13.9. The van der Waals surface area contributed by atoms with Gasteiger partial charge in [0.1, 0.15) is 0 Å². The number of carbonyl (C=O) groups excluding carboxylic acids is 1. The van der Waals surface area contributed by atoms with E-state index >= 15 is 0 Å². The van der Waals surface area contributed by atoms with E-state index in [0.29, 0.717) is 17.2 Å². The maximum Gasteiger partial charge on any atom is 0.253 e. The Labute approximate surface area is 95.3 Å². The molecule has 0 aliphatic heterocycles. The minimum absolute atomic E-state index is 0.0156. The second-order valence-electron chi connectivity index (χ2n) is 4.19. The smallest absolute Gasteiger partial charge is 0.253 e. The van der Waals surface area contributed by atoms with Gasteiger partial charge >= 0.3 is 0 Å². The van der Waals surface area contributed by atoms with Crippen LogP contribution in [0.1, 0.15) is 35.2 Å². The fraction of sp³-hybridized carbons (Fsp3) is 0.385. The van der Waals surface area contributed by atoms with Crippen molar-refractivity contribution in [1.82, 2.24) is 4.90 Å². The van der Waals surface area contributed by atoms with E-state index in [-0.39, 0.29) is 5.91 Å². The first-order valence-corrected chi connectivity index (χ1v) is 5.49. The van der Waals surface area contributed by atoms with E-state index in [1.54, 1.807) is 29.2 Å². The van der Waals surface area contributed by atoms with Gasteiger partial charge < -0.3 is 4.90 Å². The molecule has 0 heterocycles. The zero-order valence-electron chi connectivity index (χ0n) is 9.31. The van der Waals surface area contributed by atoms with Crippen LogP contribution in [0.2, 0.25) is 0 Å². The van der Waals surface area contributed by atoms with E-state index in [4.69, 9.17) is 5.26 Å². The highest BCUT2D eigenvalue weighted by Crippen LogP contribution is 2.24. The Kier molecular flexibility index (Phi) is 2.91.